The molecule has 2 aromatic rings. The van der Waals surface area contributed by atoms with Crippen LogP contribution in [0.15, 0.2) is 24.3 Å². The largest absolute Gasteiger partial charge is 0.490 e. The second-order valence-electron chi connectivity index (χ2n) is 7.99. The molecule has 1 aromatic carbocycles. The van der Waals surface area contributed by atoms with Crippen LogP contribution in [0.1, 0.15) is 52.1 Å². The Hall–Kier alpha value is -3.39. The van der Waals surface area contributed by atoms with Crippen LogP contribution in [-0.2, 0) is 31.5 Å². The number of alkyl halides is 3. The molecule has 1 N–H and O–H groups in total. The maximum Gasteiger partial charge on any atom is 0.490 e. The predicted molar refractivity (Wildman–Crippen MR) is 111 cm³/mol. The molecule has 0 bridgehead atoms. The van der Waals surface area contributed by atoms with Crippen molar-refractivity contribution < 1.29 is 27.9 Å². The third-order valence-corrected chi connectivity index (χ3v) is 5.64. The molecule has 1 amide bonds. The topological polar surface area (TPSA) is 102 Å². The number of carboxylic acid groups (broad SMARTS) is 1. The fourth-order valence-electron chi connectivity index (χ4n) is 3.98. The average molecular weight is 463 g/mol. The highest BCUT2D eigenvalue weighted by Gasteiger charge is 2.38. The van der Waals surface area contributed by atoms with Crippen LogP contribution in [0.5, 0.6) is 0 Å². The van der Waals surface area contributed by atoms with Crippen molar-refractivity contribution >= 4 is 11.9 Å². The van der Waals surface area contributed by atoms with E-state index in [2.05, 4.69) is 11.0 Å². The number of aromatic nitrogens is 2. The van der Waals surface area contributed by atoms with E-state index < -0.39 is 12.1 Å². The van der Waals surface area contributed by atoms with Gasteiger partial charge in [-0.05, 0) is 44.1 Å². The summed E-state index contributed by atoms with van der Waals surface area (Å²) in [7, 11) is 1.96. The highest BCUT2D eigenvalue weighted by Crippen LogP contribution is 2.28. The standard InChI is InChI=1S/C20H23N5O.C2HF3O2/c1-23-19-14-25(20(26)16-7-5-6-15(10-16)11-21)12-17(19)18(22-23)13-24-8-3-2-4-9-24;3-2(4,5)1(6)7/h5-7,10H,2-4,8-9,12-14H2,1H3;(H,6,7). The van der Waals surface area contributed by atoms with Crippen molar-refractivity contribution in [1.29, 1.82) is 5.26 Å². The number of amides is 1. The van der Waals surface area contributed by atoms with Crippen molar-refractivity contribution in [1.82, 2.24) is 19.6 Å². The third kappa shape index (κ3) is 5.90. The number of hydrogen-bond acceptors (Lipinski definition) is 5. The lowest BCUT2D eigenvalue weighted by Crippen LogP contribution is -2.30. The van der Waals surface area contributed by atoms with E-state index in [0.717, 1.165) is 31.0 Å². The van der Waals surface area contributed by atoms with Crippen LogP contribution in [0.4, 0.5) is 13.2 Å². The average Bonchev–Trinajstić information content (AvgIpc) is 3.35. The first-order valence-corrected chi connectivity index (χ1v) is 10.5. The van der Waals surface area contributed by atoms with Crippen molar-refractivity contribution in [3.63, 3.8) is 0 Å². The number of aliphatic carboxylic acids is 1. The van der Waals surface area contributed by atoms with E-state index in [0.29, 0.717) is 24.2 Å². The van der Waals surface area contributed by atoms with Gasteiger partial charge in [-0.2, -0.15) is 23.5 Å². The number of carbonyl (C=O) groups excluding carboxylic acids is 1. The smallest absolute Gasteiger partial charge is 0.475 e. The Morgan fingerprint density at radius 1 is 1.18 bits per heavy atom. The molecule has 0 aliphatic carbocycles. The Bertz CT molecular complexity index is 1070. The van der Waals surface area contributed by atoms with Gasteiger partial charge in [0.2, 0.25) is 0 Å². The number of aryl methyl sites for hydroxylation is 1. The summed E-state index contributed by atoms with van der Waals surface area (Å²) in [5, 5.41) is 20.9. The van der Waals surface area contributed by atoms with Crippen LogP contribution >= 0.6 is 0 Å². The molecule has 0 unspecified atom stereocenters. The second kappa shape index (κ2) is 10.0. The Labute approximate surface area is 188 Å². The highest BCUT2D eigenvalue weighted by atomic mass is 19.4. The minimum Gasteiger partial charge on any atom is -0.475 e. The van der Waals surface area contributed by atoms with E-state index in [9.17, 15) is 18.0 Å². The molecule has 176 valence electrons. The fourth-order valence-corrected chi connectivity index (χ4v) is 3.98. The zero-order valence-electron chi connectivity index (χ0n) is 18.1. The summed E-state index contributed by atoms with van der Waals surface area (Å²) >= 11 is 0. The summed E-state index contributed by atoms with van der Waals surface area (Å²) in [5.41, 5.74) is 4.51. The normalized spacial score (nSPS) is 15.9. The number of benzene rings is 1. The number of rotatable bonds is 3. The first-order valence-electron chi connectivity index (χ1n) is 10.5. The molecule has 1 saturated heterocycles. The molecule has 33 heavy (non-hydrogen) atoms. The van der Waals surface area contributed by atoms with E-state index >= 15 is 0 Å². The molecular weight excluding hydrogens is 439 g/mol. The Morgan fingerprint density at radius 2 is 1.85 bits per heavy atom. The SMILES string of the molecule is Cn1nc(CN2CCCCC2)c2c1CN(C(=O)c1cccc(C#N)c1)C2.O=C(O)C(F)(F)F. The van der Waals surface area contributed by atoms with Crippen molar-refractivity contribution in [2.75, 3.05) is 13.1 Å². The molecule has 1 fully saturated rings. The van der Waals surface area contributed by atoms with Crippen LogP contribution < -0.4 is 0 Å². The Balaban J connectivity index is 0.000000383. The van der Waals surface area contributed by atoms with Gasteiger partial charge in [0, 0.05) is 24.7 Å². The highest BCUT2D eigenvalue weighted by molar-refractivity contribution is 5.94. The van der Waals surface area contributed by atoms with Crippen LogP contribution in [0.2, 0.25) is 0 Å². The first-order chi connectivity index (χ1) is 15.6. The number of piperidine rings is 1. The van der Waals surface area contributed by atoms with Crippen molar-refractivity contribution in [3.8, 4) is 6.07 Å². The molecule has 3 heterocycles. The van der Waals surface area contributed by atoms with Gasteiger partial charge in [0.05, 0.1) is 36.1 Å². The van der Waals surface area contributed by atoms with Crippen molar-refractivity contribution in [2.45, 2.75) is 45.1 Å². The van der Waals surface area contributed by atoms with Gasteiger partial charge in [0.15, 0.2) is 0 Å². The summed E-state index contributed by atoms with van der Waals surface area (Å²) in [5.74, 6) is -2.78. The summed E-state index contributed by atoms with van der Waals surface area (Å²) < 4.78 is 33.7. The first kappa shape index (κ1) is 24.3. The number of hydrogen-bond donors (Lipinski definition) is 1. The Kier molecular flexibility index (Phi) is 7.38. The van der Waals surface area contributed by atoms with Gasteiger partial charge in [-0.1, -0.05) is 12.5 Å². The second-order valence-corrected chi connectivity index (χ2v) is 7.99. The number of nitrogens with zero attached hydrogens (tertiary/aromatic N) is 5. The van der Waals surface area contributed by atoms with Gasteiger partial charge < -0.3 is 10.0 Å². The van der Waals surface area contributed by atoms with Crippen LogP contribution in [0, 0.1) is 11.3 Å². The van der Waals surface area contributed by atoms with E-state index in [1.807, 2.05) is 16.6 Å². The zero-order chi connectivity index (χ0) is 24.2. The lowest BCUT2D eigenvalue weighted by molar-refractivity contribution is -0.192. The molecule has 4 rings (SSSR count). The molecule has 0 radical (unpaired) electrons. The molecule has 1 aromatic heterocycles. The van der Waals surface area contributed by atoms with E-state index in [1.165, 1.54) is 24.8 Å². The van der Waals surface area contributed by atoms with Crippen LogP contribution in [0.3, 0.4) is 0 Å². The molecule has 11 heteroatoms. The van der Waals surface area contributed by atoms with E-state index in [-0.39, 0.29) is 5.91 Å². The third-order valence-electron chi connectivity index (χ3n) is 5.64. The molecule has 8 nitrogen and oxygen atoms in total. The fraction of sp³-hybridized carbons (Fsp3) is 0.455. The van der Waals surface area contributed by atoms with Gasteiger partial charge in [0.1, 0.15) is 0 Å². The lowest BCUT2D eigenvalue weighted by atomic mass is 10.1. The minimum absolute atomic E-state index is 0.0257. The zero-order valence-corrected chi connectivity index (χ0v) is 18.1. The summed E-state index contributed by atoms with van der Waals surface area (Å²) in [6.07, 6.45) is -1.25. The van der Waals surface area contributed by atoms with Gasteiger partial charge in [-0.25, -0.2) is 4.79 Å². The monoisotopic (exact) mass is 463 g/mol. The maximum atomic E-state index is 12.9. The summed E-state index contributed by atoms with van der Waals surface area (Å²) in [6, 6.07) is 9.02. The number of nitriles is 1. The Morgan fingerprint density at radius 3 is 2.45 bits per heavy atom. The number of carbonyl (C=O) groups is 2. The molecular formula is C22H24F3N5O3. The van der Waals surface area contributed by atoms with Crippen LogP contribution in [-0.4, -0.2) is 55.8 Å². The molecule has 0 saturated carbocycles. The van der Waals surface area contributed by atoms with Crippen molar-refractivity contribution in [2.24, 2.45) is 7.05 Å². The predicted octanol–water partition coefficient (Wildman–Crippen LogP) is 3.07. The minimum atomic E-state index is -5.08. The number of likely N-dealkylation sites (tertiary alicyclic amines) is 1. The molecule has 2 aliphatic rings. The van der Waals surface area contributed by atoms with Gasteiger partial charge >= 0.3 is 12.1 Å². The molecule has 2 aliphatic heterocycles. The van der Waals surface area contributed by atoms with Gasteiger partial charge in [0.25, 0.3) is 5.91 Å². The van der Waals surface area contributed by atoms with E-state index in [4.69, 9.17) is 20.3 Å². The van der Waals surface area contributed by atoms with Gasteiger partial charge in [-0.15, -0.1) is 0 Å². The van der Waals surface area contributed by atoms with Crippen LogP contribution in [0.25, 0.3) is 0 Å². The lowest BCUT2D eigenvalue weighted by Gasteiger charge is -2.26. The maximum absolute atomic E-state index is 12.9. The van der Waals surface area contributed by atoms with Crippen molar-refractivity contribution in [3.05, 3.63) is 52.3 Å². The summed E-state index contributed by atoms with van der Waals surface area (Å²) in [4.78, 5) is 26.1. The quantitative estimate of drug-likeness (QED) is 0.751. The molecule has 0 atom stereocenters. The number of fused-ring (bicyclic) bond motifs is 1. The number of carboxylic acids is 1. The number of halogens is 3. The summed E-state index contributed by atoms with van der Waals surface area (Å²) in [6.45, 7) is 4.31. The molecule has 0 spiro atoms. The van der Waals surface area contributed by atoms with E-state index in [1.54, 1.807) is 24.3 Å². The van der Waals surface area contributed by atoms with Gasteiger partial charge in [-0.3, -0.25) is 14.4 Å².